The molecule has 1 unspecified atom stereocenters. The average molecular weight is 288 g/mol. The molecular formula is C13H18ClNO2S. The number of nitrogens with one attached hydrogen (secondary N) is 1. The number of aryl methyl sites for hydroxylation is 1. The van der Waals surface area contributed by atoms with Crippen LogP contribution in [0.5, 0.6) is 0 Å². The fourth-order valence-corrected chi connectivity index (χ4v) is 2.76. The lowest BCUT2D eigenvalue weighted by molar-refractivity contribution is 0.576. The van der Waals surface area contributed by atoms with Crippen LogP contribution >= 0.6 is 11.6 Å². The number of hydrogen-bond acceptors (Lipinski definition) is 2. The van der Waals surface area contributed by atoms with Crippen LogP contribution in [0.1, 0.15) is 18.9 Å². The molecule has 3 nitrogen and oxygen atoms in total. The van der Waals surface area contributed by atoms with Gasteiger partial charge in [0.2, 0.25) is 10.0 Å². The zero-order chi connectivity index (χ0) is 13.6. The maximum Gasteiger partial charge on any atom is 0.241 e. The summed E-state index contributed by atoms with van der Waals surface area (Å²) in [5.74, 6) is 0.536. The first-order chi connectivity index (χ1) is 8.45. The van der Waals surface area contributed by atoms with Crippen molar-refractivity contribution >= 4 is 21.6 Å². The van der Waals surface area contributed by atoms with E-state index in [1.807, 2.05) is 13.0 Å². The van der Waals surface area contributed by atoms with Crippen molar-refractivity contribution in [3.63, 3.8) is 0 Å². The van der Waals surface area contributed by atoms with Crippen molar-refractivity contribution in [2.45, 2.75) is 31.2 Å². The van der Waals surface area contributed by atoms with Gasteiger partial charge in [-0.1, -0.05) is 29.8 Å². The van der Waals surface area contributed by atoms with E-state index < -0.39 is 10.0 Å². The summed E-state index contributed by atoms with van der Waals surface area (Å²) in [6.07, 6.45) is 4.40. The first kappa shape index (κ1) is 15.2. The van der Waals surface area contributed by atoms with Crippen molar-refractivity contribution in [2.24, 2.45) is 0 Å². The number of halogens is 1. The summed E-state index contributed by atoms with van der Waals surface area (Å²) in [5.41, 5.74) is 1.03. The van der Waals surface area contributed by atoms with E-state index in [1.54, 1.807) is 37.3 Å². The van der Waals surface area contributed by atoms with Gasteiger partial charge in [0.05, 0.1) is 4.90 Å². The highest BCUT2D eigenvalue weighted by atomic mass is 35.5. The highest BCUT2D eigenvalue weighted by molar-refractivity contribution is 7.89. The summed E-state index contributed by atoms with van der Waals surface area (Å²) in [7, 11) is -3.45. The van der Waals surface area contributed by atoms with Crippen LogP contribution in [0.15, 0.2) is 41.3 Å². The van der Waals surface area contributed by atoms with Crippen LogP contribution in [0.3, 0.4) is 0 Å². The average Bonchev–Trinajstić information content (AvgIpc) is 2.29. The van der Waals surface area contributed by atoms with E-state index in [9.17, 15) is 8.42 Å². The summed E-state index contributed by atoms with van der Waals surface area (Å²) in [6.45, 7) is 3.71. The Morgan fingerprint density at radius 3 is 2.50 bits per heavy atom. The monoisotopic (exact) mass is 287 g/mol. The Morgan fingerprint density at radius 1 is 1.33 bits per heavy atom. The largest absolute Gasteiger partial charge is 0.241 e. The number of sulfonamides is 1. The van der Waals surface area contributed by atoms with Crippen LogP contribution in [-0.2, 0) is 10.0 Å². The Balaban J connectivity index is 2.73. The standard InChI is InChI=1S/C13H18ClNO2S/c1-11-6-8-13(9-7-11)18(16,17)15-12(2)5-3-4-10-14/h3,5-9,12,15H,4,10H2,1-2H3/b5-3+. The molecule has 0 aliphatic heterocycles. The van der Waals surface area contributed by atoms with Crippen LogP contribution in [0.4, 0.5) is 0 Å². The molecule has 0 bridgehead atoms. The molecule has 1 atom stereocenters. The van der Waals surface area contributed by atoms with Gasteiger partial charge in [-0.3, -0.25) is 0 Å². The topological polar surface area (TPSA) is 46.2 Å². The predicted molar refractivity (Wildman–Crippen MR) is 75.4 cm³/mol. The molecule has 0 saturated heterocycles. The molecule has 18 heavy (non-hydrogen) atoms. The SMILES string of the molecule is Cc1ccc(S(=O)(=O)NC(C)/C=C/CCCl)cc1. The van der Waals surface area contributed by atoms with Gasteiger partial charge in [-0.2, -0.15) is 0 Å². The Hall–Kier alpha value is -0.840. The first-order valence-corrected chi connectivity index (χ1v) is 7.79. The maximum absolute atomic E-state index is 12.0. The van der Waals surface area contributed by atoms with Crippen molar-refractivity contribution in [3.8, 4) is 0 Å². The van der Waals surface area contributed by atoms with Crippen molar-refractivity contribution < 1.29 is 8.42 Å². The Bertz CT molecular complexity index is 494. The van der Waals surface area contributed by atoms with E-state index in [0.717, 1.165) is 12.0 Å². The van der Waals surface area contributed by atoms with E-state index in [2.05, 4.69) is 4.72 Å². The normalized spacial score (nSPS) is 13.9. The van der Waals surface area contributed by atoms with Crippen LogP contribution in [-0.4, -0.2) is 20.3 Å². The maximum atomic E-state index is 12.0. The lowest BCUT2D eigenvalue weighted by atomic mass is 10.2. The Kier molecular flexibility index (Phi) is 5.85. The number of allylic oxidation sites excluding steroid dienone is 1. The van der Waals surface area contributed by atoms with Crippen molar-refractivity contribution in [3.05, 3.63) is 42.0 Å². The third-order valence-electron chi connectivity index (χ3n) is 2.37. The van der Waals surface area contributed by atoms with Crippen LogP contribution < -0.4 is 4.72 Å². The number of benzene rings is 1. The molecule has 100 valence electrons. The second-order valence-electron chi connectivity index (χ2n) is 4.13. The van der Waals surface area contributed by atoms with Gasteiger partial charge in [0.25, 0.3) is 0 Å². The minimum Gasteiger partial charge on any atom is -0.207 e. The molecule has 0 aromatic heterocycles. The van der Waals surface area contributed by atoms with Gasteiger partial charge in [0.1, 0.15) is 0 Å². The fourth-order valence-electron chi connectivity index (χ4n) is 1.43. The van der Waals surface area contributed by atoms with E-state index in [4.69, 9.17) is 11.6 Å². The summed E-state index contributed by atoms with van der Waals surface area (Å²) < 4.78 is 26.6. The molecule has 5 heteroatoms. The predicted octanol–water partition coefficient (Wildman–Crippen LogP) is 2.85. The molecule has 0 aliphatic carbocycles. The second-order valence-corrected chi connectivity index (χ2v) is 6.22. The minimum absolute atomic E-state index is 0.250. The Morgan fingerprint density at radius 2 is 1.94 bits per heavy atom. The van der Waals surface area contributed by atoms with Crippen LogP contribution in [0.25, 0.3) is 0 Å². The summed E-state index contributed by atoms with van der Waals surface area (Å²) in [4.78, 5) is 0.283. The molecule has 0 aliphatic rings. The third kappa shape index (κ3) is 4.80. The third-order valence-corrected chi connectivity index (χ3v) is 4.17. The lowest BCUT2D eigenvalue weighted by Crippen LogP contribution is -2.31. The summed E-state index contributed by atoms with van der Waals surface area (Å²) in [5, 5.41) is 0. The minimum atomic E-state index is -3.45. The quantitative estimate of drug-likeness (QED) is 0.646. The fraction of sp³-hybridized carbons (Fsp3) is 0.385. The van der Waals surface area contributed by atoms with Crippen LogP contribution in [0.2, 0.25) is 0 Å². The van der Waals surface area contributed by atoms with Gasteiger partial charge < -0.3 is 0 Å². The number of rotatable bonds is 6. The lowest BCUT2D eigenvalue weighted by Gasteiger charge is -2.10. The second kappa shape index (κ2) is 6.92. The Labute approximate surface area is 114 Å². The highest BCUT2D eigenvalue weighted by Gasteiger charge is 2.15. The summed E-state index contributed by atoms with van der Waals surface area (Å²) in [6, 6.07) is 6.52. The molecule has 1 N–H and O–H groups in total. The summed E-state index contributed by atoms with van der Waals surface area (Å²) >= 11 is 5.54. The number of hydrogen-bond donors (Lipinski definition) is 1. The number of alkyl halides is 1. The smallest absolute Gasteiger partial charge is 0.207 e. The molecule has 0 fully saturated rings. The van der Waals surface area contributed by atoms with Gasteiger partial charge in [-0.05, 0) is 32.4 Å². The van der Waals surface area contributed by atoms with E-state index in [0.29, 0.717) is 5.88 Å². The molecule has 1 rings (SSSR count). The molecule has 0 amide bonds. The zero-order valence-electron chi connectivity index (χ0n) is 10.6. The molecule has 0 radical (unpaired) electrons. The highest BCUT2D eigenvalue weighted by Crippen LogP contribution is 2.10. The molecule has 1 aromatic rings. The van der Waals surface area contributed by atoms with Gasteiger partial charge >= 0.3 is 0 Å². The molecule has 0 saturated carbocycles. The van der Waals surface area contributed by atoms with Gasteiger partial charge in [-0.25, -0.2) is 13.1 Å². The molecule has 1 aromatic carbocycles. The van der Waals surface area contributed by atoms with Gasteiger partial charge in [0.15, 0.2) is 0 Å². The van der Waals surface area contributed by atoms with Gasteiger partial charge in [-0.15, -0.1) is 11.6 Å². The zero-order valence-corrected chi connectivity index (χ0v) is 12.1. The van der Waals surface area contributed by atoms with E-state index in [-0.39, 0.29) is 10.9 Å². The van der Waals surface area contributed by atoms with Crippen molar-refractivity contribution in [2.75, 3.05) is 5.88 Å². The molecule has 0 heterocycles. The molecule has 0 spiro atoms. The first-order valence-electron chi connectivity index (χ1n) is 5.77. The van der Waals surface area contributed by atoms with Gasteiger partial charge in [0, 0.05) is 11.9 Å². The van der Waals surface area contributed by atoms with Crippen molar-refractivity contribution in [1.29, 1.82) is 0 Å². The van der Waals surface area contributed by atoms with Crippen molar-refractivity contribution in [1.82, 2.24) is 4.72 Å². The van der Waals surface area contributed by atoms with Crippen LogP contribution in [0, 0.1) is 6.92 Å². The van der Waals surface area contributed by atoms with E-state index >= 15 is 0 Å². The molecular weight excluding hydrogens is 270 g/mol. The van der Waals surface area contributed by atoms with E-state index in [1.165, 1.54) is 0 Å².